The van der Waals surface area contributed by atoms with E-state index in [1.807, 2.05) is 0 Å². The second-order valence-electron chi connectivity index (χ2n) is 4.37. The molecule has 22 heavy (non-hydrogen) atoms. The van der Waals surface area contributed by atoms with Crippen LogP contribution in [0.5, 0.6) is 11.5 Å². The summed E-state index contributed by atoms with van der Waals surface area (Å²) >= 11 is 0. The predicted molar refractivity (Wildman–Crippen MR) is 73.7 cm³/mol. The monoisotopic (exact) mass is 311 g/mol. The fourth-order valence-electron chi connectivity index (χ4n) is 1.75. The summed E-state index contributed by atoms with van der Waals surface area (Å²) in [6.45, 7) is 0. The van der Waals surface area contributed by atoms with Gasteiger partial charge in [0.1, 0.15) is 11.5 Å². The summed E-state index contributed by atoms with van der Waals surface area (Å²) in [5.41, 5.74) is 4.81. The van der Waals surface area contributed by atoms with Crippen LogP contribution in [0.25, 0.3) is 0 Å². The molecule has 2 N–H and O–H groups in total. The Morgan fingerprint density at radius 2 is 1.86 bits per heavy atom. The van der Waals surface area contributed by atoms with Crippen LogP contribution >= 0.6 is 0 Å². The molecular weight excluding hydrogens is 299 g/mol. The molecule has 0 amide bonds. The van der Waals surface area contributed by atoms with E-state index in [4.69, 9.17) is 10.5 Å². The molecule has 2 aromatic rings. The Bertz CT molecular complexity index is 699. The lowest BCUT2D eigenvalue weighted by atomic mass is 10.2. The van der Waals surface area contributed by atoms with Gasteiger partial charge in [0.05, 0.1) is 23.9 Å². The Kier molecular flexibility index (Phi) is 4.25. The average molecular weight is 311 g/mol. The first-order valence-electron chi connectivity index (χ1n) is 6.14. The second kappa shape index (κ2) is 5.97. The van der Waals surface area contributed by atoms with Gasteiger partial charge in [0, 0.05) is 0 Å². The summed E-state index contributed by atoms with van der Waals surface area (Å²) in [4.78, 5) is 11.4. The number of ether oxygens (including phenoxy) is 2. The molecule has 0 fully saturated rings. The fourth-order valence-corrected chi connectivity index (χ4v) is 1.75. The van der Waals surface area contributed by atoms with E-state index >= 15 is 0 Å². The molecule has 0 aliphatic heterocycles. The number of nitrogen functional groups attached to an aromatic ring is 1. The van der Waals surface area contributed by atoms with Crippen LogP contribution in [0.15, 0.2) is 42.5 Å². The number of carbonyl (C=O) groups excluding carboxylic acids is 1. The van der Waals surface area contributed by atoms with Gasteiger partial charge in [-0.05, 0) is 36.4 Å². The third kappa shape index (κ3) is 3.49. The van der Waals surface area contributed by atoms with E-state index in [0.717, 1.165) is 18.2 Å². The molecule has 0 radical (unpaired) electrons. The van der Waals surface area contributed by atoms with Crippen molar-refractivity contribution in [2.75, 3.05) is 12.8 Å². The number of hydrogen-bond donors (Lipinski definition) is 1. The number of anilines is 1. The molecule has 0 heterocycles. The summed E-state index contributed by atoms with van der Waals surface area (Å²) in [5, 5.41) is 0. The van der Waals surface area contributed by atoms with Crippen LogP contribution in [0.2, 0.25) is 0 Å². The van der Waals surface area contributed by atoms with Gasteiger partial charge < -0.3 is 15.2 Å². The Morgan fingerprint density at radius 1 is 1.14 bits per heavy atom. The smallest absolute Gasteiger partial charge is 0.416 e. The highest BCUT2D eigenvalue weighted by Gasteiger charge is 2.31. The molecule has 2 aromatic carbocycles. The van der Waals surface area contributed by atoms with Crippen LogP contribution in [-0.2, 0) is 10.9 Å². The Labute approximate surface area is 124 Å². The van der Waals surface area contributed by atoms with Gasteiger partial charge in [0.15, 0.2) is 0 Å². The summed E-state index contributed by atoms with van der Waals surface area (Å²) in [6.07, 6.45) is -4.47. The van der Waals surface area contributed by atoms with Gasteiger partial charge in [-0.15, -0.1) is 0 Å². The van der Waals surface area contributed by atoms with Crippen molar-refractivity contribution in [1.29, 1.82) is 0 Å². The van der Waals surface area contributed by atoms with Crippen LogP contribution in [0.3, 0.4) is 0 Å². The lowest BCUT2D eigenvalue weighted by Crippen LogP contribution is -2.06. The molecule has 4 nitrogen and oxygen atoms in total. The Hall–Kier alpha value is -2.70. The third-order valence-electron chi connectivity index (χ3n) is 2.82. The van der Waals surface area contributed by atoms with Crippen LogP contribution in [-0.4, -0.2) is 13.1 Å². The predicted octanol–water partition coefficient (Wildman–Crippen LogP) is 3.87. The highest BCUT2D eigenvalue weighted by Crippen LogP contribution is 2.35. The first kappa shape index (κ1) is 15.7. The lowest BCUT2D eigenvalue weighted by molar-refractivity contribution is -0.137. The van der Waals surface area contributed by atoms with Gasteiger partial charge >= 0.3 is 12.1 Å². The molecule has 0 aliphatic carbocycles. The standard InChI is InChI=1S/C15H12F3NO3/c1-21-14(20)9-3-2-4-11(7-9)22-13-6-5-10(8-12(13)19)15(16,17)18/h2-8H,19H2,1H3. The van der Waals surface area contributed by atoms with E-state index in [2.05, 4.69) is 4.74 Å². The zero-order chi connectivity index (χ0) is 16.3. The summed E-state index contributed by atoms with van der Waals surface area (Å²) in [5.74, 6) is -0.227. The minimum absolute atomic E-state index is 0.0648. The van der Waals surface area contributed by atoms with E-state index < -0.39 is 17.7 Å². The minimum atomic E-state index is -4.47. The summed E-state index contributed by atoms with van der Waals surface area (Å²) in [7, 11) is 1.24. The van der Waals surface area contributed by atoms with Crippen LogP contribution in [0.1, 0.15) is 15.9 Å². The second-order valence-corrected chi connectivity index (χ2v) is 4.37. The highest BCUT2D eigenvalue weighted by molar-refractivity contribution is 5.89. The number of esters is 1. The van der Waals surface area contributed by atoms with E-state index in [9.17, 15) is 18.0 Å². The molecule has 0 aromatic heterocycles. The van der Waals surface area contributed by atoms with Crippen molar-refractivity contribution in [3.05, 3.63) is 53.6 Å². The van der Waals surface area contributed by atoms with Gasteiger partial charge in [-0.25, -0.2) is 4.79 Å². The first-order chi connectivity index (χ1) is 10.3. The van der Waals surface area contributed by atoms with E-state index in [-0.39, 0.29) is 22.7 Å². The van der Waals surface area contributed by atoms with Crippen molar-refractivity contribution < 1.29 is 27.4 Å². The molecule has 0 spiro atoms. The topological polar surface area (TPSA) is 61.5 Å². The average Bonchev–Trinajstić information content (AvgIpc) is 2.47. The maximum Gasteiger partial charge on any atom is 0.416 e. The molecular formula is C15H12F3NO3. The molecule has 0 saturated heterocycles. The maximum atomic E-state index is 12.6. The molecule has 116 valence electrons. The number of halogens is 3. The van der Waals surface area contributed by atoms with Crippen molar-refractivity contribution in [3.63, 3.8) is 0 Å². The first-order valence-corrected chi connectivity index (χ1v) is 6.14. The number of hydrogen-bond acceptors (Lipinski definition) is 4. The fraction of sp³-hybridized carbons (Fsp3) is 0.133. The maximum absolute atomic E-state index is 12.6. The lowest BCUT2D eigenvalue weighted by Gasteiger charge is -2.12. The van der Waals surface area contributed by atoms with Crippen LogP contribution < -0.4 is 10.5 Å². The van der Waals surface area contributed by atoms with E-state index in [0.29, 0.717) is 0 Å². The van der Waals surface area contributed by atoms with Crippen molar-refractivity contribution >= 4 is 11.7 Å². The van der Waals surface area contributed by atoms with Crippen molar-refractivity contribution in [2.24, 2.45) is 0 Å². The molecule has 0 aliphatic rings. The summed E-state index contributed by atoms with van der Waals surface area (Å²) in [6, 6.07) is 8.82. The van der Waals surface area contributed by atoms with E-state index in [1.165, 1.54) is 19.2 Å². The normalized spacial score (nSPS) is 11.1. The molecule has 2 rings (SSSR count). The zero-order valence-corrected chi connectivity index (χ0v) is 11.5. The van der Waals surface area contributed by atoms with Crippen molar-refractivity contribution in [2.45, 2.75) is 6.18 Å². The molecule has 0 atom stereocenters. The van der Waals surface area contributed by atoms with Gasteiger partial charge in [0.25, 0.3) is 0 Å². The quantitative estimate of drug-likeness (QED) is 0.690. The molecule has 0 bridgehead atoms. The Balaban J connectivity index is 2.26. The van der Waals surface area contributed by atoms with Gasteiger partial charge in [-0.3, -0.25) is 0 Å². The molecule has 0 unspecified atom stereocenters. The van der Waals surface area contributed by atoms with E-state index in [1.54, 1.807) is 12.1 Å². The van der Waals surface area contributed by atoms with Gasteiger partial charge in [0.2, 0.25) is 0 Å². The Morgan fingerprint density at radius 3 is 2.45 bits per heavy atom. The van der Waals surface area contributed by atoms with Crippen molar-refractivity contribution in [1.82, 2.24) is 0 Å². The number of rotatable bonds is 3. The largest absolute Gasteiger partial charge is 0.465 e. The third-order valence-corrected chi connectivity index (χ3v) is 2.82. The minimum Gasteiger partial charge on any atom is -0.465 e. The number of carbonyl (C=O) groups is 1. The number of nitrogens with two attached hydrogens (primary N) is 1. The number of alkyl halides is 3. The highest BCUT2D eigenvalue weighted by atomic mass is 19.4. The zero-order valence-electron chi connectivity index (χ0n) is 11.5. The van der Waals surface area contributed by atoms with Crippen LogP contribution in [0, 0.1) is 0 Å². The van der Waals surface area contributed by atoms with Gasteiger partial charge in [-0.1, -0.05) is 6.07 Å². The molecule has 0 saturated carbocycles. The van der Waals surface area contributed by atoms with Crippen LogP contribution in [0.4, 0.5) is 18.9 Å². The summed E-state index contributed by atoms with van der Waals surface area (Å²) < 4.78 is 47.7. The SMILES string of the molecule is COC(=O)c1cccc(Oc2ccc(C(F)(F)F)cc2N)c1. The number of benzene rings is 2. The molecule has 7 heteroatoms. The van der Waals surface area contributed by atoms with Gasteiger partial charge in [-0.2, -0.15) is 13.2 Å². The van der Waals surface area contributed by atoms with Crippen molar-refractivity contribution in [3.8, 4) is 11.5 Å². The number of methoxy groups -OCH3 is 1.